The molecule has 0 atom stereocenters. The van der Waals surface area contributed by atoms with Gasteiger partial charge in [-0.25, -0.2) is 0 Å². The summed E-state index contributed by atoms with van der Waals surface area (Å²) in [5, 5.41) is 0.806. The van der Waals surface area contributed by atoms with Gasteiger partial charge in [-0.1, -0.05) is 98.3 Å². The van der Waals surface area contributed by atoms with Crippen LogP contribution in [0.3, 0.4) is 0 Å². The van der Waals surface area contributed by atoms with E-state index in [2.05, 4.69) is 112 Å². The smallest absolute Gasteiger partial charge is 0.0406 e. The van der Waals surface area contributed by atoms with Gasteiger partial charge in [-0.2, -0.15) is 0 Å². The van der Waals surface area contributed by atoms with Crippen molar-refractivity contribution < 1.29 is 0 Å². The van der Waals surface area contributed by atoms with Gasteiger partial charge in [0, 0.05) is 43.4 Å². The molecule has 0 N–H and O–H groups in total. The van der Waals surface area contributed by atoms with Crippen LogP contribution in [0, 0.1) is 5.41 Å². The molecule has 2 aromatic rings. The van der Waals surface area contributed by atoms with Crippen molar-refractivity contribution in [1.82, 2.24) is 4.90 Å². The first-order valence-electron chi connectivity index (χ1n) is 15.5. The molecule has 0 aromatic heterocycles. The lowest BCUT2D eigenvalue weighted by Crippen LogP contribution is -2.47. The van der Waals surface area contributed by atoms with E-state index in [-0.39, 0.29) is 0 Å². The maximum absolute atomic E-state index is 6.22. The van der Waals surface area contributed by atoms with Gasteiger partial charge in [-0.15, -0.1) is 0 Å². The van der Waals surface area contributed by atoms with Crippen molar-refractivity contribution in [1.29, 1.82) is 0 Å². The van der Waals surface area contributed by atoms with Crippen LogP contribution in [0.1, 0.15) is 70.6 Å². The highest BCUT2D eigenvalue weighted by Crippen LogP contribution is 2.43. The molecule has 1 saturated heterocycles. The van der Waals surface area contributed by atoms with Gasteiger partial charge in [0.15, 0.2) is 0 Å². The monoisotopic (exact) mass is 580 g/mol. The van der Waals surface area contributed by atoms with Gasteiger partial charge in [-0.3, -0.25) is 4.90 Å². The van der Waals surface area contributed by atoms with E-state index in [0.717, 1.165) is 56.2 Å². The van der Waals surface area contributed by atoms with E-state index in [1.807, 2.05) is 18.2 Å². The molecule has 1 aliphatic carbocycles. The van der Waals surface area contributed by atoms with Gasteiger partial charge >= 0.3 is 0 Å². The molecule has 4 rings (SSSR count). The van der Waals surface area contributed by atoms with Gasteiger partial charge < -0.3 is 4.90 Å². The van der Waals surface area contributed by atoms with Crippen molar-refractivity contribution in [2.24, 2.45) is 5.41 Å². The van der Waals surface area contributed by atoms with E-state index < -0.39 is 0 Å². The summed E-state index contributed by atoms with van der Waals surface area (Å²) in [6.07, 6.45) is 15.1. The molecule has 0 bridgehead atoms. The second-order valence-electron chi connectivity index (χ2n) is 12.7. The van der Waals surface area contributed by atoms with E-state index in [1.54, 1.807) is 5.57 Å². The Morgan fingerprint density at radius 2 is 1.74 bits per heavy atom. The Morgan fingerprint density at radius 1 is 1.02 bits per heavy atom. The molecule has 1 aliphatic heterocycles. The maximum atomic E-state index is 6.22. The van der Waals surface area contributed by atoms with Crippen molar-refractivity contribution in [3.63, 3.8) is 0 Å². The zero-order valence-corrected chi connectivity index (χ0v) is 27.2. The van der Waals surface area contributed by atoms with Crippen molar-refractivity contribution in [3.05, 3.63) is 124 Å². The Labute approximate surface area is 260 Å². The number of anilines is 1. The number of allylic oxidation sites excluding steroid dienone is 8. The number of benzene rings is 2. The fraction of sp³-hybridized carbons (Fsp3) is 0.385. The minimum atomic E-state index is 0.341. The highest BCUT2D eigenvalue weighted by molar-refractivity contribution is 6.30. The first-order valence-corrected chi connectivity index (χ1v) is 15.8. The van der Waals surface area contributed by atoms with E-state index in [9.17, 15) is 0 Å². The van der Waals surface area contributed by atoms with Crippen LogP contribution >= 0.6 is 11.6 Å². The minimum absolute atomic E-state index is 0.341. The summed E-state index contributed by atoms with van der Waals surface area (Å²) in [5.74, 6) is 0. The van der Waals surface area contributed by atoms with Gasteiger partial charge in [-0.05, 0) is 110 Å². The number of hydrogen-bond acceptors (Lipinski definition) is 2. The van der Waals surface area contributed by atoms with Crippen LogP contribution in [0.4, 0.5) is 5.69 Å². The van der Waals surface area contributed by atoms with Crippen LogP contribution in [0.5, 0.6) is 0 Å². The fourth-order valence-corrected chi connectivity index (χ4v) is 6.31. The number of hydrogen-bond donors (Lipinski definition) is 0. The third kappa shape index (κ3) is 8.27. The van der Waals surface area contributed by atoms with Crippen LogP contribution in [0.25, 0.3) is 11.6 Å². The summed E-state index contributed by atoms with van der Waals surface area (Å²) in [4.78, 5) is 5.21. The quantitative estimate of drug-likeness (QED) is 0.258. The molecule has 2 nitrogen and oxygen atoms in total. The second-order valence-corrected chi connectivity index (χ2v) is 13.1. The number of piperazine rings is 1. The number of nitrogens with zero attached hydrogens (tertiary/aromatic N) is 2. The number of rotatable bonds is 10. The highest BCUT2D eigenvalue weighted by Gasteiger charge is 2.29. The van der Waals surface area contributed by atoms with E-state index in [4.69, 9.17) is 11.6 Å². The van der Waals surface area contributed by atoms with Crippen LogP contribution in [0.2, 0.25) is 5.02 Å². The normalized spacial score (nSPS) is 18.6. The summed E-state index contributed by atoms with van der Waals surface area (Å²) in [5.41, 5.74) is 12.2. The average Bonchev–Trinajstić information content (AvgIpc) is 2.98. The van der Waals surface area contributed by atoms with Gasteiger partial charge in [0.05, 0.1) is 0 Å². The van der Waals surface area contributed by atoms with Gasteiger partial charge in [0.2, 0.25) is 0 Å². The molecule has 0 saturated carbocycles. The summed E-state index contributed by atoms with van der Waals surface area (Å²) in [6, 6.07) is 15.4. The van der Waals surface area contributed by atoms with E-state index in [0.29, 0.717) is 5.41 Å². The molecule has 3 heteroatoms. The highest BCUT2D eigenvalue weighted by atomic mass is 35.5. The first kappa shape index (κ1) is 31.9. The Kier molecular flexibility index (Phi) is 10.9. The molecule has 2 aromatic carbocycles. The lowest BCUT2D eigenvalue weighted by atomic mass is 9.72. The minimum Gasteiger partial charge on any atom is -0.369 e. The fourth-order valence-electron chi connectivity index (χ4n) is 6.19. The maximum Gasteiger partial charge on any atom is 0.0406 e. The molecule has 0 unspecified atom stereocenters. The Morgan fingerprint density at radius 3 is 2.36 bits per heavy atom. The molecule has 2 aliphatic rings. The molecule has 42 heavy (non-hydrogen) atoms. The molecule has 0 radical (unpaired) electrons. The van der Waals surface area contributed by atoms with Crippen LogP contribution in [-0.2, 0) is 6.42 Å². The van der Waals surface area contributed by atoms with Crippen molar-refractivity contribution in [2.45, 2.75) is 60.3 Å². The predicted molar refractivity (Wildman–Crippen MR) is 186 cm³/mol. The van der Waals surface area contributed by atoms with Gasteiger partial charge in [0.25, 0.3) is 0 Å². The van der Waals surface area contributed by atoms with Crippen LogP contribution in [-0.4, -0.2) is 37.6 Å². The largest absolute Gasteiger partial charge is 0.369 e. The lowest BCUT2D eigenvalue weighted by molar-refractivity contribution is 0.264. The molecule has 1 fully saturated rings. The molecule has 0 spiro atoms. The molecular formula is C39H49ClN2. The second kappa shape index (κ2) is 14.4. The van der Waals surface area contributed by atoms with Crippen LogP contribution < -0.4 is 4.90 Å². The molecule has 222 valence electrons. The average molecular weight is 581 g/mol. The van der Waals surface area contributed by atoms with Crippen molar-refractivity contribution in [2.75, 3.05) is 37.6 Å². The predicted octanol–water partition coefficient (Wildman–Crippen LogP) is 10.3. The Balaban J connectivity index is 1.47. The molecule has 1 heterocycles. The van der Waals surface area contributed by atoms with Crippen LogP contribution in [0.15, 0.2) is 102 Å². The van der Waals surface area contributed by atoms with Crippen molar-refractivity contribution >= 4 is 28.9 Å². The zero-order chi connectivity index (χ0) is 30.3. The zero-order valence-electron chi connectivity index (χ0n) is 26.5. The Bertz CT molecular complexity index is 1390. The summed E-state index contributed by atoms with van der Waals surface area (Å²) >= 11 is 6.22. The third-order valence-electron chi connectivity index (χ3n) is 8.82. The van der Waals surface area contributed by atoms with Gasteiger partial charge in [0.1, 0.15) is 0 Å². The summed E-state index contributed by atoms with van der Waals surface area (Å²) in [6.45, 7) is 24.6. The topological polar surface area (TPSA) is 6.48 Å². The standard InChI is InChI=1S/C39H49ClN2/c1-8-11-33(29(4)5)24-30(9-2)25-35-26-37(17-14-31(35)10-3)42-22-20-41(21-23-42)28-34-18-19-39(6,7)27-38(34)32-12-15-36(40)16-13-32/h8-17,24,26H,3-4,18-23,25,27-28H2,1-2,5-7H3/b11-8-,30-9+,33-24-. The van der Waals surface area contributed by atoms with Crippen molar-refractivity contribution in [3.8, 4) is 0 Å². The SMILES string of the molecule is C=Cc1ccc(N2CCN(CC3=C(c4ccc(Cl)cc4)CC(C)(C)CC3)CC2)cc1CC(=C/C)/C=C(/C=C\C)C(=C)C. The summed E-state index contributed by atoms with van der Waals surface area (Å²) in [7, 11) is 0. The number of halogens is 1. The van der Waals surface area contributed by atoms with E-state index >= 15 is 0 Å². The lowest BCUT2D eigenvalue weighted by Gasteiger charge is -2.39. The molecule has 0 amide bonds. The van der Waals surface area contributed by atoms with E-state index in [1.165, 1.54) is 51.9 Å². The molecular weight excluding hydrogens is 532 g/mol. The Hall–Kier alpha value is -3.07. The third-order valence-corrected chi connectivity index (χ3v) is 9.07. The summed E-state index contributed by atoms with van der Waals surface area (Å²) < 4.78 is 0. The first-order chi connectivity index (χ1) is 20.1.